The molecule has 0 unspecified atom stereocenters. The molecule has 0 aromatic heterocycles. The van der Waals surface area contributed by atoms with E-state index in [4.69, 9.17) is 14.2 Å². The zero-order valence-corrected chi connectivity index (χ0v) is 32.5. The zero-order valence-electron chi connectivity index (χ0n) is 32.5. The molecule has 48 heavy (non-hydrogen) atoms. The molecule has 0 spiro atoms. The van der Waals surface area contributed by atoms with Gasteiger partial charge >= 0.3 is 11.9 Å². The van der Waals surface area contributed by atoms with Gasteiger partial charge in [0.15, 0.2) is 0 Å². The standard InChI is InChI=1S/C43H79NO4/c1-6-8-10-12-14-16-18-20-22-24-26-28-30-32-34-36-40-46-43(48-42(3)45,38-39-44(4)5)47-41-37-35-33-31-29-27-25-23-21-19-17-15-13-11-9-7-2/h14-17,20-23H,6-13,18-19,24-41H2,1-5H3/b16-14-,17-15-,22-20-,23-21-. The van der Waals surface area contributed by atoms with E-state index in [-0.39, 0.29) is 5.97 Å². The number of nitrogens with zero attached hydrogens (tertiary/aromatic N) is 1. The highest BCUT2D eigenvalue weighted by molar-refractivity contribution is 5.66. The van der Waals surface area contributed by atoms with E-state index in [1.54, 1.807) is 0 Å². The maximum absolute atomic E-state index is 12.1. The third-order valence-corrected chi connectivity index (χ3v) is 8.50. The van der Waals surface area contributed by atoms with Crippen LogP contribution in [0.3, 0.4) is 0 Å². The summed E-state index contributed by atoms with van der Waals surface area (Å²) in [7, 11) is 4.03. The molecule has 0 aliphatic carbocycles. The van der Waals surface area contributed by atoms with Crippen molar-refractivity contribution in [1.82, 2.24) is 4.90 Å². The number of rotatable bonds is 36. The number of hydrogen-bond donors (Lipinski definition) is 0. The fourth-order valence-electron chi connectivity index (χ4n) is 5.51. The van der Waals surface area contributed by atoms with Gasteiger partial charge in [-0.15, -0.1) is 0 Å². The van der Waals surface area contributed by atoms with Gasteiger partial charge in [0, 0.05) is 13.5 Å². The first-order valence-corrected chi connectivity index (χ1v) is 20.2. The van der Waals surface area contributed by atoms with E-state index in [2.05, 4.69) is 67.4 Å². The topological polar surface area (TPSA) is 48.0 Å². The molecule has 0 radical (unpaired) electrons. The molecular formula is C43H79NO4. The van der Waals surface area contributed by atoms with Crippen LogP contribution in [0.5, 0.6) is 0 Å². The number of carbonyl (C=O) groups excluding carboxylic acids is 1. The van der Waals surface area contributed by atoms with Crippen molar-refractivity contribution >= 4 is 5.97 Å². The third kappa shape index (κ3) is 34.2. The maximum Gasteiger partial charge on any atom is 0.330 e. The van der Waals surface area contributed by atoms with E-state index in [1.807, 2.05) is 14.1 Å². The molecule has 0 aliphatic rings. The van der Waals surface area contributed by atoms with E-state index < -0.39 is 5.97 Å². The smallest absolute Gasteiger partial charge is 0.330 e. The Kier molecular flexibility index (Phi) is 35.3. The molecule has 0 rings (SSSR count). The second-order valence-electron chi connectivity index (χ2n) is 13.7. The predicted molar refractivity (Wildman–Crippen MR) is 208 cm³/mol. The lowest BCUT2D eigenvalue weighted by Crippen LogP contribution is -2.43. The highest BCUT2D eigenvalue weighted by Gasteiger charge is 2.36. The van der Waals surface area contributed by atoms with Crippen LogP contribution in [0.15, 0.2) is 48.6 Å². The summed E-state index contributed by atoms with van der Waals surface area (Å²) in [5.74, 6) is -1.65. The quantitative estimate of drug-likeness (QED) is 0.0287. The van der Waals surface area contributed by atoms with Crippen LogP contribution in [-0.2, 0) is 19.0 Å². The van der Waals surface area contributed by atoms with Crippen LogP contribution in [0.1, 0.15) is 181 Å². The SMILES string of the molecule is CCCCC/C=C\C/C=C\CCCCCCCCOC(CCN(C)C)(OCCCCCCCC/C=C\C/C=C\CCCCC)OC(C)=O. The van der Waals surface area contributed by atoms with Gasteiger partial charge in [0.2, 0.25) is 0 Å². The molecule has 5 nitrogen and oxygen atoms in total. The summed E-state index contributed by atoms with van der Waals surface area (Å²) in [5.41, 5.74) is 0. The van der Waals surface area contributed by atoms with E-state index in [0.717, 1.165) is 45.1 Å². The number of carbonyl (C=O) groups is 1. The van der Waals surface area contributed by atoms with Crippen LogP contribution in [0.2, 0.25) is 0 Å². The summed E-state index contributed by atoms with van der Waals surface area (Å²) in [6.45, 7) is 7.75. The van der Waals surface area contributed by atoms with Crippen molar-refractivity contribution in [2.45, 2.75) is 187 Å². The van der Waals surface area contributed by atoms with E-state index in [9.17, 15) is 4.79 Å². The molecule has 0 bridgehead atoms. The average Bonchev–Trinajstić information content (AvgIpc) is 3.06. The van der Waals surface area contributed by atoms with Crippen LogP contribution in [0.4, 0.5) is 0 Å². The van der Waals surface area contributed by atoms with Crippen molar-refractivity contribution in [3.8, 4) is 0 Å². The van der Waals surface area contributed by atoms with Gasteiger partial charge in [-0.2, -0.15) is 0 Å². The Morgan fingerprint density at radius 3 is 1.23 bits per heavy atom. The summed E-state index contributed by atoms with van der Waals surface area (Å²) in [4.78, 5) is 14.1. The number of hydrogen-bond acceptors (Lipinski definition) is 5. The Morgan fingerprint density at radius 1 is 0.521 bits per heavy atom. The van der Waals surface area contributed by atoms with Crippen molar-refractivity contribution in [3.63, 3.8) is 0 Å². The average molecular weight is 674 g/mol. The summed E-state index contributed by atoms with van der Waals surface area (Å²) < 4.78 is 18.2. The minimum Gasteiger partial charge on any atom is -0.408 e. The first kappa shape index (κ1) is 46.3. The first-order chi connectivity index (χ1) is 23.5. The Balaban J connectivity index is 4.17. The van der Waals surface area contributed by atoms with Crippen LogP contribution in [0, 0.1) is 0 Å². The fraction of sp³-hybridized carbons (Fsp3) is 0.791. The van der Waals surface area contributed by atoms with E-state index in [0.29, 0.717) is 19.6 Å². The van der Waals surface area contributed by atoms with Gasteiger partial charge in [0.1, 0.15) is 0 Å². The molecule has 0 aromatic carbocycles. The maximum atomic E-state index is 12.1. The molecule has 0 atom stereocenters. The monoisotopic (exact) mass is 674 g/mol. The molecule has 280 valence electrons. The van der Waals surface area contributed by atoms with Crippen LogP contribution >= 0.6 is 0 Å². The molecule has 0 aromatic rings. The molecule has 0 heterocycles. The van der Waals surface area contributed by atoms with Crippen molar-refractivity contribution in [3.05, 3.63) is 48.6 Å². The molecule has 0 N–H and O–H groups in total. The van der Waals surface area contributed by atoms with Crippen molar-refractivity contribution in [1.29, 1.82) is 0 Å². The Bertz CT molecular complexity index is 751. The number of esters is 1. The Morgan fingerprint density at radius 2 is 0.875 bits per heavy atom. The summed E-state index contributed by atoms with van der Waals surface area (Å²) in [6.07, 6.45) is 48.0. The van der Waals surface area contributed by atoms with Gasteiger partial charge in [-0.05, 0) is 91.1 Å². The van der Waals surface area contributed by atoms with E-state index in [1.165, 1.54) is 122 Å². The van der Waals surface area contributed by atoms with Gasteiger partial charge < -0.3 is 19.1 Å². The summed E-state index contributed by atoms with van der Waals surface area (Å²) >= 11 is 0. The normalized spacial score (nSPS) is 12.6. The molecule has 0 amide bonds. The van der Waals surface area contributed by atoms with Crippen molar-refractivity contribution in [2.24, 2.45) is 0 Å². The highest BCUT2D eigenvalue weighted by Crippen LogP contribution is 2.23. The van der Waals surface area contributed by atoms with Crippen LogP contribution in [0.25, 0.3) is 0 Å². The largest absolute Gasteiger partial charge is 0.408 e. The molecule has 5 heteroatoms. The van der Waals surface area contributed by atoms with Crippen LogP contribution in [-0.4, -0.2) is 50.7 Å². The minimum atomic E-state index is -1.29. The number of ether oxygens (including phenoxy) is 3. The van der Waals surface area contributed by atoms with Gasteiger partial charge in [-0.25, -0.2) is 0 Å². The molecule has 0 fully saturated rings. The zero-order chi connectivity index (χ0) is 35.2. The number of unbranched alkanes of at least 4 members (excludes halogenated alkanes) is 18. The van der Waals surface area contributed by atoms with Gasteiger partial charge in [0.05, 0.1) is 19.6 Å². The Hall–Kier alpha value is -1.69. The minimum absolute atomic E-state index is 0.358. The lowest BCUT2D eigenvalue weighted by atomic mass is 10.1. The predicted octanol–water partition coefficient (Wildman–Crippen LogP) is 12.8. The van der Waals surface area contributed by atoms with Gasteiger partial charge in [-0.1, -0.05) is 140 Å². The van der Waals surface area contributed by atoms with Crippen molar-refractivity contribution < 1.29 is 19.0 Å². The van der Waals surface area contributed by atoms with Crippen LogP contribution < -0.4 is 0 Å². The third-order valence-electron chi connectivity index (χ3n) is 8.50. The second-order valence-corrected chi connectivity index (χ2v) is 13.7. The molecule has 0 aliphatic heterocycles. The lowest BCUT2D eigenvalue weighted by molar-refractivity contribution is -0.366. The summed E-state index contributed by atoms with van der Waals surface area (Å²) in [6, 6.07) is 0. The molecular weight excluding hydrogens is 594 g/mol. The van der Waals surface area contributed by atoms with Gasteiger partial charge in [0.25, 0.3) is 0 Å². The fourth-order valence-corrected chi connectivity index (χ4v) is 5.51. The highest BCUT2D eigenvalue weighted by atomic mass is 16.9. The lowest BCUT2D eigenvalue weighted by Gasteiger charge is -2.33. The number of allylic oxidation sites excluding steroid dienone is 8. The molecule has 0 saturated heterocycles. The van der Waals surface area contributed by atoms with Crippen molar-refractivity contribution in [2.75, 3.05) is 33.9 Å². The second kappa shape index (κ2) is 36.6. The van der Waals surface area contributed by atoms with Gasteiger partial charge in [-0.3, -0.25) is 4.79 Å². The van der Waals surface area contributed by atoms with E-state index >= 15 is 0 Å². The Labute approximate surface area is 299 Å². The first-order valence-electron chi connectivity index (χ1n) is 20.2. The molecule has 0 saturated carbocycles. The summed E-state index contributed by atoms with van der Waals surface area (Å²) in [5, 5.41) is 0.